The Bertz CT molecular complexity index is 667. The largest absolute Gasteiger partial charge is 0.344 e. The molecule has 6 heteroatoms. The maximum Gasteiger partial charge on any atom is 0.243 e. The van der Waals surface area contributed by atoms with Crippen molar-refractivity contribution in [3.8, 4) is 0 Å². The average molecular weight is 291 g/mol. The molecule has 2 aromatic rings. The van der Waals surface area contributed by atoms with E-state index in [1.54, 1.807) is 24.0 Å². The number of hydrogen-bond donors (Lipinski definition) is 1. The Morgan fingerprint density at radius 2 is 2.24 bits per heavy atom. The summed E-state index contributed by atoms with van der Waals surface area (Å²) in [5, 5.41) is 6.91. The molecule has 1 aromatic heterocycles. The van der Waals surface area contributed by atoms with Gasteiger partial charge in [-0.2, -0.15) is 5.10 Å². The van der Waals surface area contributed by atoms with Crippen molar-refractivity contribution in [3.63, 3.8) is 0 Å². The molecule has 110 valence electrons. The van der Waals surface area contributed by atoms with Gasteiger partial charge in [-0.1, -0.05) is 12.6 Å². The van der Waals surface area contributed by atoms with Gasteiger partial charge in [-0.25, -0.2) is 8.78 Å². The van der Waals surface area contributed by atoms with Crippen LogP contribution in [-0.4, -0.2) is 15.7 Å². The molecule has 0 aliphatic rings. The third kappa shape index (κ3) is 3.75. The van der Waals surface area contributed by atoms with E-state index < -0.39 is 17.7 Å². The minimum absolute atomic E-state index is 0.169. The summed E-state index contributed by atoms with van der Waals surface area (Å²) in [5.74, 6) is -1.67. The molecule has 21 heavy (non-hydrogen) atoms. The molecule has 0 fully saturated rings. The van der Waals surface area contributed by atoms with E-state index in [1.807, 2.05) is 0 Å². The van der Waals surface area contributed by atoms with Crippen LogP contribution in [0.4, 0.5) is 8.78 Å². The molecule has 1 unspecified atom stereocenters. The normalized spacial score (nSPS) is 12.0. The molecule has 0 spiro atoms. The van der Waals surface area contributed by atoms with Gasteiger partial charge in [0.1, 0.15) is 11.6 Å². The summed E-state index contributed by atoms with van der Waals surface area (Å²) < 4.78 is 28.3. The first kappa shape index (κ1) is 14.9. The van der Waals surface area contributed by atoms with Gasteiger partial charge in [0.2, 0.25) is 5.91 Å². The van der Waals surface area contributed by atoms with Crippen LogP contribution in [0, 0.1) is 11.6 Å². The van der Waals surface area contributed by atoms with Crippen molar-refractivity contribution < 1.29 is 13.6 Å². The highest BCUT2D eigenvalue weighted by Gasteiger charge is 2.18. The highest BCUT2D eigenvalue weighted by molar-refractivity contribution is 5.87. The van der Waals surface area contributed by atoms with Crippen LogP contribution in [0.15, 0.2) is 43.1 Å². The van der Waals surface area contributed by atoms with Gasteiger partial charge >= 0.3 is 0 Å². The average Bonchev–Trinajstić information content (AvgIpc) is 2.87. The lowest BCUT2D eigenvalue weighted by Gasteiger charge is -2.16. The van der Waals surface area contributed by atoms with Crippen LogP contribution in [-0.2, 0) is 18.3 Å². The Morgan fingerprint density at radius 1 is 1.48 bits per heavy atom. The maximum atomic E-state index is 13.8. The molecule has 2 rings (SSSR count). The minimum Gasteiger partial charge on any atom is -0.344 e. The first-order chi connectivity index (χ1) is 9.99. The summed E-state index contributed by atoms with van der Waals surface area (Å²) in [6.07, 6.45) is 3.03. The molecular formula is C15H15F2N3O. The van der Waals surface area contributed by atoms with E-state index in [0.717, 1.165) is 12.1 Å². The fraction of sp³-hybridized carbons (Fsp3) is 0.200. The zero-order chi connectivity index (χ0) is 15.4. The van der Waals surface area contributed by atoms with Gasteiger partial charge in [0.15, 0.2) is 0 Å². The highest BCUT2D eigenvalue weighted by atomic mass is 19.1. The van der Waals surface area contributed by atoms with E-state index in [2.05, 4.69) is 17.0 Å². The zero-order valence-electron chi connectivity index (χ0n) is 11.5. The number of carbonyl (C=O) groups excluding carboxylic acids is 1. The molecule has 0 radical (unpaired) electrons. The lowest BCUT2D eigenvalue weighted by atomic mass is 10.0. The second-order valence-electron chi connectivity index (χ2n) is 4.62. The predicted octanol–water partition coefficient (Wildman–Crippen LogP) is 2.28. The van der Waals surface area contributed by atoms with Gasteiger partial charge in [0.05, 0.1) is 11.7 Å². The van der Waals surface area contributed by atoms with E-state index in [4.69, 9.17) is 0 Å². The Labute approximate surface area is 121 Å². The fourth-order valence-electron chi connectivity index (χ4n) is 1.99. The summed E-state index contributed by atoms with van der Waals surface area (Å²) in [5.41, 5.74) is 0.896. The second kappa shape index (κ2) is 6.30. The van der Waals surface area contributed by atoms with Crippen molar-refractivity contribution in [2.45, 2.75) is 12.5 Å². The van der Waals surface area contributed by atoms with Crippen molar-refractivity contribution in [1.82, 2.24) is 15.1 Å². The number of nitrogens with one attached hydrogen (secondary N) is 1. The second-order valence-corrected chi connectivity index (χ2v) is 4.62. The molecule has 4 nitrogen and oxygen atoms in total. The summed E-state index contributed by atoms with van der Waals surface area (Å²) in [6.45, 7) is 3.39. The maximum absolute atomic E-state index is 13.8. The fourth-order valence-corrected chi connectivity index (χ4v) is 1.99. The summed E-state index contributed by atoms with van der Waals surface area (Å²) in [6, 6.07) is 4.58. The summed E-state index contributed by atoms with van der Waals surface area (Å²) in [4.78, 5) is 11.5. The van der Waals surface area contributed by atoms with Crippen LogP contribution in [0.5, 0.6) is 0 Å². The Kier molecular flexibility index (Phi) is 4.47. The Balaban J connectivity index is 2.26. The van der Waals surface area contributed by atoms with E-state index in [9.17, 15) is 13.6 Å². The topological polar surface area (TPSA) is 46.9 Å². The third-order valence-electron chi connectivity index (χ3n) is 3.03. The molecular weight excluding hydrogens is 276 g/mol. The number of nitrogens with zero attached hydrogens (tertiary/aromatic N) is 2. The van der Waals surface area contributed by atoms with Crippen molar-refractivity contribution in [1.29, 1.82) is 0 Å². The summed E-state index contributed by atoms with van der Waals surface area (Å²) in [7, 11) is 1.74. The molecule has 0 aliphatic heterocycles. The number of hydrogen-bond acceptors (Lipinski definition) is 2. The van der Waals surface area contributed by atoms with Crippen molar-refractivity contribution in [2.75, 3.05) is 0 Å². The van der Waals surface area contributed by atoms with Crippen molar-refractivity contribution in [2.24, 2.45) is 7.05 Å². The van der Waals surface area contributed by atoms with Gasteiger partial charge in [-0.3, -0.25) is 9.48 Å². The molecule has 1 N–H and O–H groups in total. The molecule has 1 atom stereocenters. The molecule has 1 aromatic carbocycles. The van der Waals surface area contributed by atoms with Crippen LogP contribution >= 0.6 is 0 Å². The van der Waals surface area contributed by atoms with Gasteiger partial charge < -0.3 is 5.32 Å². The van der Waals surface area contributed by atoms with E-state index in [1.165, 1.54) is 12.1 Å². The van der Waals surface area contributed by atoms with Gasteiger partial charge in [0.25, 0.3) is 0 Å². The smallest absolute Gasteiger partial charge is 0.243 e. The standard InChI is InChI=1S/C15H15F2N3O/c1-3-15(21)18-14(13-6-7-20(2)19-13)8-10-4-5-11(16)9-12(10)17/h3-7,9,14H,1,8H2,2H3,(H,18,21). The zero-order valence-corrected chi connectivity index (χ0v) is 11.5. The minimum atomic E-state index is -0.649. The quantitative estimate of drug-likeness (QED) is 0.859. The van der Waals surface area contributed by atoms with Crippen LogP contribution in [0.2, 0.25) is 0 Å². The first-order valence-corrected chi connectivity index (χ1v) is 6.36. The number of rotatable bonds is 5. The van der Waals surface area contributed by atoms with Gasteiger partial charge in [-0.15, -0.1) is 0 Å². The number of halogens is 2. The third-order valence-corrected chi connectivity index (χ3v) is 3.03. The first-order valence-electron chi connectivity index (χ1n) is 6.36. The molecule has 1 heterocycles. The predicted molar refractivity (Wildman–Crippen MR) is 74.4 cm³/mol. The Morgan fingerprint density at radius 3 is 2.81 bits per heavy atom. The SMILES string of the molecule is C=CC(=O)NC(Cc1ccc(F)cc1F)c1ccn(C)n1. The number of benzene rings is 1. The number of aromatic nitrogens is 2. The van der Waals surface area contributed by atoms with Crippen LogP contribution in [0.1, 0.15) is 17.3 Å². The molecule has 0 saturated heterocycles. The molecule has 1 amide bonds. The molecule has 0 saturated carbocycles. The number of amides is 1. The van der Waals surface area contributed by atoms with Gasteiger partial charge in [0, 0.05) is 25.7 Å². The molecule has 0 bridgehead atoms. The van der Waals surface area contributed by atoms with Crippen molar-refractivity contribution >= 4 is 5.91 Å². The number of carbonyl (C=O) groups is 1. The lowest BCUT2D eigenvalue weighted by Crippen LogP contribution is -2.29. The Hall–Kier alpha value is -2.50. The highest BCUT2D eigenvalue weighted by Crippen LogP contribution is 2.19. The van der Waals surface area contributed by atoms with E-state index >= 15 is 0 Å². The number of aryl methyl sites for hydroxylation is 1. The van der Waals surface area contributed by atoms with Gasteiger partial charge in [-0.05, 0) is 23.8 Å². The van der Waals surface area contributed by atoms with Crippen LogP contribution < -0.4 is 5.32 Å². The van der Waals surface area contributed by atoms with E-state index in [-0.39, 0.29) is 12.3 Å². The van der Waals surface area contributed by atoms with E-state index in [0.29, 0.717) is 11.3 Å². The monoisotopic (exact) mass is 291 g/mol. The molecule has 0 aliphatic carbocycles. The summed E-state index contributed by atoms with van der Waals surface area (Å²) >= 11 is 0. The lowest BCUT2D eigenvalue weighted by molar-refractivity contribution is -0.117. The van der Waals surface area contributed by atoms with Crippen LogP contribution in [0.3, 0.4) is 0 Å². The van der Waals surface area contributed by atoms with Crippen LogP contribution in [0.25, 0.3) is 0 Å². The van der Waals surface area contributed by atoms with Crippen molar-refractivity contribution in [3.05, 3.63) is 66.0 Å².